The van der Waals surface area contributed by atoms with Gasteiger partial charge in [0.2, 0.25) is 0 Å². The fourth-order valence-corrected chi connectivity index (χ4v) is 3.53. The van der Waals surface area contributed by atoms with Crippen molar-refractivity contribution in [3.8, 4) is 0 Å². The van der Waals surface area contributed by atoms with Crippen LogP contribution in [0.1, 0.15) is 27.4 Å². The van der Waals surface area contributed by atoms with Gasteiger partial charge in [-0.3, -0.25) is 4.79 Å². The van der Waals surface area contributed by atoms with Crippen LogP contribution in [0.25, 0.3) is 5.52 Å². The van der Waals surface area contributed by atoms with Crippen LogP contribution in [0.4, 0.5) is 0 Å². The summed E-state index contributed by atoms with van der Waals surface area (Å²) in [5, 5.41) is 7.21. The van der Waals surface area contributed by atoms with Gasteiger partial charge in [0.15, 0.2) is 0 Å². The van der Waals surface area contributed by atoms with Crippen molar-refractivity contribution in [1.82, 2.24) is 19.8 Å². The van der Waals surface area contributed by atoms with E-state index >= 15 is 0 Å². The van der Waals surface area contributed by atoms with Gasteiger partial charge < -0.3 is 14.6 Å². The molecular formula is C19H24N4O2S. The summed E-state index contributed by atoms with van der Waals surface area (Å²) in [5.74, 6) is 3.49. The average molecular weight is 372 g/mol. The Bertz CT molecular complexity index is 885. The quantitative estimate of drug-likeness (QED) is 0.616. The Labute approximate surface area is 157 Å². The molecule has 1 N–H and O–H groups in total. The lowest BCUT2D eigenvalue weighted by atomic mass is 10.2. The van der Waals surface area contributed by atoms with Gasteiger partial charge in [-0.1, -0.05) is 6.07 Å². The fourth-order valence-electron chi connectivity index (χ4n) is 2.78. The lowest BCUT2D eigenvalue weighted by Crippen LogP contribution is -2.25. The Morgan fingerprint density at radius 1 is 1.31 bits per heavy atom. The third kappa shape index (κ3) is 4.47. The second-order valence-corrected chi connectivity index (χ2v) is 7.56. The molecule has 0 bridgehead atoms. The van der Waals surface area contributed by atoms with Crippen molar-refractivity contribution in [3.05, 3.63) is 59.3 Å². The molecule has 7 heteroatoms. The lowest BCUT2D eigenvalue weighted by Gasteiger charge is -2.06. The van der Waals surface area contributed by atoms with Crippen molar-refractivity contribution in [3.63, 3.8) is 0 Å². The molecule has 3 heterocycles. The minimum atomic E-state index is -0.0823. The first-order valence-corrected chi connectivity index (χ1v) is 9.71. The number of aryl methyl sites for hydroxylation is 1. The highest BCUT2D eigenvalue weighted by Crippen LogP contribution is 2.17. The van der Waals surface area contributed by atoms with E-state index in [9.17, 15) is 4.79 Å². The third-order valence-electron chi connectivity index (χ3n) is 3.95. The van der Waals surface area contributed by atoms with Crippen LogP contribution in [-0.4, -0.2) is 46.8 Å². The van der Waals surface area contributed by atoms with Crippen molar-refractivity contribution >= 4 is 23.2 Å². The first-order valence-electron chi connectivity index (χ1n) is 8.56. The molecule has 0 aromatic carbocycles. The number of carbonyl (C=O) groups excluding carboxylic acids is 1. The average Bonchev–Trinajstić information content (AvgIpc) is 3.21. The van der Waals surface area contributed by atoms with E-state index in [-0.39, 0.29) is 5.91 Å². The smallest absolute Gasteiger partial charge is 0.255 e. The molecule has 0 spiro atoms. The van der Waals surface area contributed by atoms with Crippen LogP contribution in [0.2, 0.25) is 0 Å². The summed E-state index contributed by atoms with van der Waals surface area (Å²) >= 11 is 1.74. The fraction of sp³-hybridized carbons (Fsp3) is 0.368. The SMILES string of the molecule is Cc1cccn2ncc(C(=O)NCCSCc3ccc(CN(C)C)o3)c12. The summed E-state index contributed by atoms with van der Waals surface area (Å²) in [6, 6.07) is 7.95. The van der Waals surface area contributed by atoms with E-state index in [0.717, 1.165) is 40.7 Å². The highest BCUT2D eigenvalue weighted by atomic mass is 32.2. The number of pyridine rings is 1. The maximum absolute atomic E-state index is 12.4. The van der Waals surface area contributed by atoms with Gasteiger partial charge in [-0.25, -0.2) is 4.52 Å². The zero-order chi connectivity index (χ0) is 18.5. The van der Waals surface area contributed by atoms with Gasteiger partial charge in [0.25, 0.3) is 5.91 Å². The van der Waals surface area contributed by atoms with Gasteiger partial charge in [-0.15, -0.1) is 0 Å². The largest absolute Gasteiger partial charge is 0.464 e. The van der Waals surface area contributed by atoms with Crippen LogP contribution < -0.4 is 5.32 Å². The summed E-state index contributed by atoms with van der Waals surface area (Å²) in [5.41, 5.74) is 2.52. The lowest BCUT2D eigenvalue weighted by molar-refractivity contribution is 0.0957. The Kier molecular flexibility index (Phi) is 6.00. The zero-order valence-electron chi connectivity index (χ0n) is 15.4. The molecule has 6 nitrogen and oxygen atoms in total. The van der Waals surface area contributed by atoms with Crippen molar-refractivity contribution in [2.75, 3.05) is 26.4 Å². The van der Waals surface area contributed by atoms with Gasteiger partial charge in [-0.2, -0.15) is 16.9 Å². The molecule has 138 valence electrons. The van der Waals surface area contributed by atoms with Crippen molar-refractivity contribution in [2.45, 2.75) is 19.2 Å². The zero-order valence-corrected chi connectivity index (χ0v) is 16.2. The Hall–Kier alpha value is -2.25. The highest BCUT2D eigenvalue weighted by Gasteiger charge is 2.13. The van der Waals surface area contributed by atoms with E-state index in [0.29, 0.717) is 12.1 Å². The van der Waals surface area contributed by atoms with Crippen LogP contribution in [0.15, 0.2) is 41.1 Å². The van der Waals surface area contributed by atoms with Crippen LogP contribution in [0.3, 0.4) is 0 Å². The molecule has 0 aliphatic heterocycles. The molecule has 1 amide bonds. The number of furan rings is 1. The van der Waals surface area contributed by atoms with E-state index in [4.69, 9.17) is 4.42 Å². The van der Waals surface area contributed by atoms with E-state index in [2.05, 4.69) is 15.3 Å². The van der Waals surface area contributed by atoms with E-state index in [1.807, 2.05) is 51.5 Å². The molecule has 0 saturated carbocycles. The van der Waals surface area contributed by atoms with Crippen molar-refractivity contribution in [1.29, 1.82) is 0 Å². The van der Waals surface area contributed by atoms with Crippen LogP contribution >= 0.6 is 11.8 Å². The first-order chi connectivity index (χ1) is 12.5. The Morgan fingerprint density at radius 3 is 2.92 bits per heavy atom. The van der Waals surface area contributed by atoms with E-state index in [1.165, 1.54) is 0 Å². The number of rotatable bonds is 8. The number of fused-ring (bicyclic) bond motifs is 1. The summed E-state index contributed by atoms with van der Waals surface area (Å²) in [7, 11) is 4.04. The highest BCUT2D eigenvalue weighted by molar-refractivity contribution is 7.98. The van der Waals surface area contributed by atoms with Crippen LogP contribution in [0.5, 0.6) is 0 Å². The summed E-state index contributed by atoms with van der Waals surface area (Å²) in [6.45, 7) is 3.40. The van der Waals surface area contributed by atoms with Crippen LogP contribution in [-0.2, 0) is 12.3 Å². The number of amides is 1. The molecule has 0 aliphatic carbocycles. The molecule has 3 aromatic heterocycles. The van der Waals surface area contributed by atoms with Gasteiger partial charge in [-0.05, 0) is 44.8 Å². The maximum Gasteiger partial charge on any atom is 0.255 e. The number of carbonyl (C=O) groups is 1. The second-order valence-electron chi connectivity index (χ2n) is 6.46. The number of thioether (sulfide) groups is 1. The number of hydrogen-bond acceptors (Lipinski definition) is 5. The molecule has 0 atom stereocenters. The molecule has 3 rings (SSSR count). The number of hydrogen-bond donors (Lipinski definition) is 1. The minimum absolute atomic E-state index is 0.0823. The summed E-state index contributed by atoms with van der Waals surface area (Å²) in [4.78, 5) is 14.5. The molecule has 0 saturated heterocycles. The van der Waals surface area contributed by atoms with Gasteiger partial charge >= 0.3 is 0 Å². The number of nitrogens with one attached hydrogen (secondary N) is 1. The molecule has 0 aliphatic rings. The normalized spacial score (nSPS) is 11.4. The topological polar surface area (TPSA) is 62.8 Å². The molecule has 26 heavy (non-hydrogen) atoms. The van der Waals surface area contributed by atoms with Crippen molar-refractivity contribution < 1.29 is 9.21 Å². The predicted molar refractivity (Wildman–Crippen MR) is 105 cm³/mol. The van der Waals surface area contributed by atoms with Gasteiger partial charge in [0.05, 0.1) is 29.6 Å². The minimum Gasteiger partial charge on any atom is -0.464 e. The number of nitrogens with zero attached hydrogens (tertiary/aromatic N) is 3. The monoisotopic (exact) mass is 372 g/mol. The Morgan fingerprint density at radius 2 is 2.12 bits per heavy atom. The van der Waals surface area contributed by atoms with Crippen molar-refractivity contribution in [2.24, 2.45) is 0 Å². The maximum atomic E-state index is 12.4. The van der Waals surface area contributed by atoms with E-state index in [1.54, 1.807) is 22.5 Å². The summed E-state index contributed by atoms with van der Waals surface area (Å²) in [6.07, 6.45) is 3.48. The van der Waals surface area contributed by atoms with E-state index < -0.39 is 0 Å². The first kappa shape index (κ1) is 18.5. The van der Waals surface area contributed by atoms with Crippen LogP contribution in [0, 0.1) is 6.92 Å². The predicted octanol–water partition coefficient (Wildman–Crippen LogP) is 2.96. The third-order valence-corrected chi connectivity index (χ3v) is 4.93. The van der Waals surface area contributed by atoms with Gasteiger partial charge in [0, 0.05) is 18.5 Å². The number of aromatic nitrogens is 2. The molecule has 3 aromatic rings. The Balaban J connectivity index is 1.45. The molecule has 0 radical (unpaired) electrons. The standard InChI is InChI=1S/C19H24N4O2S/c1-14-5-4-9-23-18(14)17(11-21-23)19(24)20-8-10-26-13-16-7-6-15(25-16)12-22(2)3/h4-7,9,11H,8,10,12-13H2,1-3H3,(H,20,24). The molecular weight excluding hydrogens is 348 g/mol. The molecule has 0 fully saturated rings. The van der Waals surface area contributed by atoms with Gasteiger partial charge in [0.1, 0.15) is 11.5 Å². The summed E-state index contributed by atoms with van der Waals surface area (Å²) < 4.78 is 7.52. The molecule has 0 unspecified atom stereocenters. The second kappa shape index (κ2) is 8.42.